The van der Waals surface area contributed by atoms with Gasteiger partial charge in [-0.25, -0.2) is 0 Å². The maximum atomic E-state index is 9.13. The number of aliphatic hydroxyl groups excluding tert-OH is 1. The normalized spacial score (nSPS) is 19.5. The van der Waals surface area contributed by atoms with E-state index in [9.17, 15) is 0 Å². The van der Waals surface area contributed by atoms with E-state index in [1.54, 1.807) is 0 Å². The molecule has 0 saturated heterocycles. The summed E-state index contributed by atoms with van der Waals surface area (Å²) in [6.07, 6.45) is 5.39. The van der Waals surface area contributed by atoms with E-state index in [0.717, 1.165) is 12.8 Å². The van der Waals surface area contributed by atoms with Crippen LogP contribution in [0.25, 0.3) is 0 Å². The Morgan fingerprint density at radius 2 is 2.43 bits per heavy atom. The Balaban J connectivity index is 1.78. The van der Waals surface area contributed by atoms with Crippen molar-refractivity contribution in [2.45, 2.75) is 51.7 Å². The Morgan fingerprint density at radius 1 is 1.57 bits per heavy atom. The molecule has 0 fully saturated rings. The largest absolute Gasteiger partial charge is 0.394 e. The van der Waals surface area contributed by atoms with E-state index in [0.29, 0.717) is 18.6 Å². The zero-order valence-electron chi connectivity index (χ0n) is 12.7. The smallest absolute Gasteiger partial charge is 0.0644 e. The van der Waals surface area contributed by atoms with E-state index < -0.39 is 0 Å². The van der Waals surface area contributed by atoms with Crippen LogP contribution in [-0.2, 0) is 13.0 Å². The molecule has 5 heteroatoms. The van der Waals surface area contributed by atoms with E-state index in [2.05, 4.69) is 35.7 Å². The highest BCUT2D eigenvalue weighted by atomic mass is 32.1. The van der Waals surface area contributed by atoms with Gasteiger partial charge in [-0.15, -0.1) is 11.3 Å². The maximum absolute atomic E-state index is 9.13. The summed E-state index contributed by atoms with van der Waals surface area (Å²) in [6.45, 7) is 5.17. The molecule has 2 N–H and O–H groups in total. The second-order valence-corrected chi connectivity index (χ2v) is 6.74. The fraction of sp³-hybridized carbons (Fsp3) is 0.562. The molecule has 4 nitrogen and oxygen atoms in total. The van der Waals surface area contributed by atoms with Gasteiger partial charge < -0.3 is 10.4 Å². The van der Waals surface area contributed by atoms with Crippen molar-refractivity contribution in [1.29, 1.82) is 0 Å². The fourth-order valence-corrected chi connectivity index (χ4v) is 4.23. The molecule has 0 radical (unpaired) electrons. The van der Waals surface area contributed by atoms with E-state index in [1.807, 2.05) is 22.2 Å². The van der Waals surface area contributed by atoms with Gasteiger partial charge in [0.15, 0.2) is 0 Å². The summed E-state index contributed by atoms with van der Waals surface area (Å²) < 4.78 is 1.96. The Kier molecular flexibility index (Phi) is 4.42. The number of aryl methyl sites for hydroxylation is 1. The van der Waals surface area contributed by atoms with Gasteiger partial charge in [-0.2, -0.15) is 5.10 Å². The molecule has 2 aromatic heterocycles. The maximum Gasteiger partial charge on any atom is 0.0644 e. The average Bonchev–Trinajstić information content (AvgIpc) is 3.07. The monoisotopic (exact) mass is 305 g/mol. The Morgan fingerprint density at radius 3 is 3.14 bits per heavy atom. The predicted molar refractivity (Wildman–Crippen MR) is 85.6 cm³/mol. The van der Waals surface area contributed by atoms with Crippen molar-refractivity contribution in [3.05, 3.63) is 39.3 Å². The average molecular weight is 305 g/mol. The summed E-state index contributed by atoms with van der Waals surface area (Å²) in [6, 6.07) is 2.92. The van der Waals surface area contributed by atoms with Crippen LogP contribution >= 0.6 is 11.3 Å². The zero-order valence-corrected chi connectivity index (χ0v) is 13.5. The van der Waals surface area contributed by atoms with Crippen LogP contribution in [0.2, 0.25) is 0 Å². The first-order valence-electron chi connectivity index (χ1n) is 7.66. The number of aliphatic hydroxyl groups is 1. The Bertz CT molecular complexity index is 604. The topological polar surface area (TPSA) is 50.1 Å². The first-order chi connectivity index (χ1) is 10.2. The Labute approximate surface area is 129 Å². The van der Waals surface area contributed by atoms with Crippen LogP contribution in [0.3, 0.4) is 0 Å². The zero-order chi connectivity index (χ0) is 14.8. The standard InChI is InChI=1S/C16H23N3OS/c1-11-6-9-21-16(11)12(2)18-14-4-3-5-15-13(14)10-17-19(15)7-8-20/h6,9-10,12,14,18,20H,3-5,7-8H2,1-2H3. The van der Waals surface area contributed by atoms with E-state index >= 15 is 0 Å². The summed E-state index contributed by atoms with van der Waals surface area (Å²) in [5.74, 6) is 0. The number of nitrogens with zero attached hydrogens (tertiary/aromatic N) is 2. The van der Waals surface area contributed by atoms with Gasteiger partial charge in [-0.05, 0) is 50.1 Å². The lowest BCUT2D eigenvalue weighted by atomic mass is 9.92. The lowest BCUT2D eigenvalue weighted by Crippen LogP contribution is -2.28. The summed E-state index contributed by atoms with van der Waals surface area (Å²) in [5, 5.41) is 19.5. The van der Waals surface area contributed by atoms with Gasteiger partial charge in [0, 0.05) is 28.2 Å². The lowest BCUT2D eigenvalue weighted by Gasteiger charge is -2.27. The number of hydrogen-bond acceptors (Lipinski definition) is 4. The molecule has 0 saturated carbocycles. The minimum Gasteiger partial charge on any atom is -0.394 e. The van der Waals surface area contributed by atoms with Gasteiger partial charge in [0.2, 0.25) is 0 Å². The molecule has 114 valence electrons. The van der Waals surface area contributed by atoms with Crippen molar-refractivity contribution in [2.75, 3.05) is 6.61 Å². The van der Waals surface area contributed by atoms with Crippen molar-refractivity contribution in [1.82, 2.24) is 15.1 Å². The highest BCUT2D eigenvalue weighted by Crippen LogP contribution is 2.33. The molecule has 0 aromatic carbocycles. The van der Waals surface area contributed by atoms with E-state index in [-0.39, 0.29) is 6.61 Å². The van der Waals surface area contributed by atoms with Crippen LogP contribution in [0, 0.1) is 6.92 Å². The molecule has 0 amide bonds. The highest BCUT2D eigenvalue weighted by Gasteiger charge is 2.25. The quantitative estimate of drug-likeness (QED) is 0.893. The number of aromatic nitrogens is 2. The molecular weight excluding hydrogens is 282 g/mol. The number of fused-ring (bicyclic) bond motifs is 1. The summed E-state index contributed by atoms with van der Waals surface area (Å²) >= 11 is 1.82. The molecule has 2 unspecified atom stereocenters. The molecule has 1 aliphatic carbocycles. The molecule has 2 aromatic rings. The van der Waals surface area contributed by atoms with Gasteiger partial charge in [0.1, 0.15) is 0 Å². The van der Waals surface area contributed by atoms with Crippen molar-refractivity contribution < 1.29 is 5.11 Å². The lowest BCUT2D eigenvalue weighted by molar-refractivity contribution is 0.266. The van der Waals surface area contributed by atoms with E-state index in [1.165, 1.54) is 28.1 Å². The fourth-order valence-electron chi connectivity index (χ4n) is 3.28. The minimum absolute atomic E-state index is 0.150. The molecular formula is C16H23N3OS. The summed E-state index contributed by atoms with van der Waals surface area (Å²) in [7, 11) is 0. The van der Waals surface area contributed by atoms with Crippen molar-refractivity contribution in [2.24, 2.45) is 0 Å². The van der Waals surface area contributed by atoms with Crippen molar-refractivity contribution in [3.8, 4) is 0 Å². The van der Waals surface area contributed by atoms with Crippen LogP contribution in [0.5, 0.6) is 0 Å². The summed E-state index contributed by atoms with van der Waals surface area (Å²) in [5.41, 5.74) is 3.98. The third-order valence-corrected chi connectivity index (χ3v) is 5.52. The van der Waals surface area contributed by atoms with Gasteiger partial charge in [-0.3, -0.25) is 4.68 Å². The second-order valence-electron chi connectivity index (χ2n) is 5.79. The first-order valence-corrected chi connectivity index (χ1v) is 8.54. The van der Waals surface area contributed by atoms with Gasteiger partial charge in [-0.1, -0.05) is 0 Å². The van der Waals surface area contributed by atoms with Crippen LogP contribution < -0.4 is 5.32 Å². The number of nitrogens with one attached hydrogen (secondary N) is 1. The molecule has 0 spiro atoms. The van der Waals surface area contributed by atoms with Crippen LogP contribution in [0.15, 0.2) is 17.6 Å². The molecule has 3 rings (SSSR count). The molecule has 2 heterocycles. The Hall–Kier alpha value is -1.17. The van der Waals surface area contributed by atoms with Crippen LogP contribution in [-0.4, -0.2) is 21.5 Å². The molecule has 1 aliphatic rings. The first kappa shape index (κ1) is 14.8. The third kappa shape index (κ3) is 2.91. The van der Waals surface area contributed by atoms with Gasteiger partial charge >= 0.3 is 0 Å². The van der Waals surface area contributed by atoms with Crippen molar-refractivity contribution >= 4 is 11.3 Å². The molecule has 0 bridgehead atoms. The number of hydrogen-bond donors (Lipinski definition) is 2. The summed E-state index contributed by atoms with van der Waals surface area (Å²) in [4.78, 5) is 1.42. The third-order valence-electron chi connectivity index (χ3n) is 4.32. The second kappa shape index (κ2) is 6.30. The van der Waals surface area contributed by atoms with Gasteiger partial charge in [0.25, 0.3) is 0 Å². The molecule has 0 aliphatic heterocycles. The highest BCUT2D eigenvalue weighted by molar-refractivity contribution is 7.10. The van der Waals surface area contributed by atoms with Crippen LogP contribution in [0.4, 0.5) is 0 Å². The van der Waals surface area contributed by atoms with E-state index in [4.69, 9.17) is 5.11 Å². The predicted octanol–water partition coefficient (Wildman–Crippen LogP) is 2.97. The molecule has 21 heavy (non-hydrogen) atoms. The molecule has 2 atom stereocenters. The SMILES string of the molecule is Cc1ccsc1C(C)NC1CCCc2c1cnn2CCO. The van der Waals surface area contributed by atoms with Crippen molar-refractivity contribution in [3.63, 3.8) is 0 Å². The number of rotatable bonds is 5. The van der Waals surface area contributed by atoms with Crippen LogP contribution in [0.1, 0.15) is 53.5 Å². The number of thiophene rings is 1. The minimum atomic E-state index is 0.150. The van der Waals surface area contributed by atoms with Gasteiger partial charge in [0.05, 0.1) is 19.3 Å².